The van der Waals surface area contributed by atoms with Gasteiger partial charge in [0.1, 0.15) is 11.6 Å². The zero-order chi connectivity index (χ0) is 14.2. The number of imidazole rings is 1. The van der Waals surface area contributed by atoms with E-state index >= 15 is 0 Å². The Balaban J connectivity index is 1.51. The summed E-state index contributed by atoms with van der Waals surface area (Å²) in [7, 11) is 0. The van der Waals surface area contributed by atoms with Crippen molar-refractivity contribution in [3.8, 4) is 5.75 Å². The SMILES string of the molecule is Oc1ccc2c(c1)CCC2NCc1nc2ccccc2[nH]1. The number of phenols is 1. The molecular formula is C17H17N3O. The number of rotatable bonds is 3. The van der Waals surface area contributed by atoms with Crippen molar-refractivity contribution in [3.63, 3.8) is 0 Å². The van der Waals surface area contributed by atoms with Crippen LogP contribution in [0.3, 0.4) is 0 Å². The number of nitrogens with one attached hydrogen (secondary N) is 2. The first-order chi connectivity index (χ1) is 10.3. The number of aromatic hydroxyl groups is 1. The maximum Gasteiger partial charge on any atom is 0.121 e. The number of aromatic nitrogens is 2. The Morgan fingerprint density at radius 1 is 1.24 bits per heavy atom. The Hall–Kier alpha value is -2.33. The van der Waals surface area contributed by atoms with Gasteiger partial charge in [-0.05, 0) is 48.2 Å². The quantitative estimate of drug-likeness (QED) is 0.690. The predicted octanol–water partition coefficient (Wildman–Crippen LogP) is 3.05. The fourth-order valence-electron chi connectivity index (χ4n) is 3.13. The molecule has 0 amide bonds. The molecule has 1 aromatic heterocycles. The van der Waals surface area contributed by atoms with E-state index in [4.69, 9.17) is 0 Å². The molecule has 4 heteroatoms. The second kappa shape index (κ2) is 4.90. The van der Waals surface area contributed by atoms with Crippen LogP contribution in [0.15, 0.2) is 42.5 Å². The highest BCUT2D eigenvalue weighted by Gasteiger charge is 2.22. The number of aromatic amines is 1. The van der Waals surface area contributed by atoms with Crippen LogP contribution in [0.2, 0.25) is 0 Å². The number of H-pyrrole nitrogens is 1. The van der Waals surface area contributed by atoms with Gasteiger partial charge >= 0.3 is 0 Å². The van der Waals surface area contributed by atoms with Gasteiger partial charge in [0.25, 0.3) is 0 Å². The summed E-state index contributed by atoms with van der Waals surface area (Å²) in [6.45, 7) is 0.722. The molecule has 0 saturated carbocycles. The summed E-state index contributed by atoms with van der Waals surface area (Å²) in [6, 6.07) is 14.1. The fourth-order valence-corrected chi connectivity index (χ4v) is 3.13. The molecule has 0 saturated heterocycles. The summed E-state index contributed by atoms with van der Waals surface area (Å²) in [5, 5.41) is 13.1. The third-order valence-electron chi connectivity index (χ3n) is 4.16. The van der Waals surface area contributed by atoms with E-state index in [2.05, 4.69) is 15.3 Å². The van der Waals surface area contributed by atoms with Crippen LogP contribution in [-0.4, -0.2) is 15.1 Å². The summed E-state index contributed by atoms with van der Waals surface area (Å²) in [6.07, 6.45) is 2.08. The fraction of sp³-hybridized carbons (Fsp3) is 0.235. The molecule has 0 radical (unpaired) electrons. The van der Waals surface area contributed by atoms with E-state index in [1.807, 2.05) is 36.4 Å². The number of hydrogen-bond acceptors (Lipinski definition) is 3. The Morgan fingerprint density at radius 3 is 3.05 bits per heavy atom. The van der Waals surface area contributed by atoms with Crippen molar-refractivity contribution in [3.05, 3.63) is 59.4 Å². The zero-order valence-electron chi connectivity index (χ0n) is 11.6. The highest BCUT2D eigenvalue weighted by molar-refractivity contribution is 5.74. The van der Waals surface area contributed by atoms with Gasteiger partial charge in [-0.25, -0.2) is 4.98 Å². The molecule has 1 unspecified atom stereocenters. The molecular weight excluding hydrogens is 262 g/mol. The largest absolute Gasteiger partial charge is 0.508 e. The molecule has 4 rings (SSSR count). The first-order valence-electron chi connectivity index (χ1n) is 7.28. The van der Waals surface area contributed by atoms with E-state index in [9.17, 15) is 5.11 Å². The second-order valence-electron chi connectivity index (χ2n) is 5.56. The minimum Gasteiger partial charge on any atom is -0.508 e. The Morgan fingerprint density at radius 2 is 2.14 bits per heavy atom. The van der Waals surface area contributed by atoms with Gasteiger partial charge in [-0.2, -0.15) is 0 Å². The minimum atomic E-state index is 0.341. The van der Waals surface area contributed by atoms with Crippen LogP contribution in [0.5, 0.6) is 5.75 Å². The molecule has 106 valence electrons. The number of fused-ring (bicyclic) bond motifs is 2. The van der Waals surface area contributed by atoms with Crippen LogP contribution >= 0.6 is 0 Å². The molecule has 0 bridgehead atoms. The third-order valence-corrected chi connectivity index (χ3v) is 4.16. The smallest absolute Gasteiger partial charge is 0.121 e. The lowest BCUT2D eigenvalue weighted by molar-refractivity contribution is 0.474. The third kappa shape index (κ3) is 2.28. The maximum atomic E-state index is 9.54. The first-order valence-corrected chi connectivity index (χ1v) is 7.28. The summed E-state index contributed by atoms with van der Waals surface area (Å²) < 4.78 is 0. The lowest BCUT2D eigenvalue weighted by Gasteiger charge is -2.13. The average molecular weight is 279 g/mol. The highest BCUT2D eigenvalue weighted by Crippen LogP contribution is 2.33. The Kier molecular flexibility index (Phi) is 2.89. The topological polar surface area (TPSA) is 60.9 Å². The van der Waals surface area contributed by atoms with Gasteiger partial charge in [0.15, 0.2) is 0 Å². The van der Waals surface area contributed by atoms with E-state index in [-0.39, 0.29) is 0 Å². The molecule has 4 nitrogen and oxygen atoms in total. The van der Waals surface area contributed by atoms with Crippen molar-refractivity contribution >= 4 is 11.0 Å². The van der Waals surface area contributed by atoms with Crippen molar-refractivity contribution in [2.45, 2.75) is 25.4 Å². The van der Waals surface area contributed by atoms with Gasteiger partial charge < -0.3 is 15.4 Å². The summed E-state index contributed by atoms with van der Waals surface area (Å²) in [5.74, 6) is 1.31. The van der Waals surface area contributed by atoms with Crippen molar-refractivity contribution in [1.82, 2.24) is 15.3 Å². The normalized spacial score (nSPS) is 17.2. The summed E-state index contributed by atoms with van der Waals surface area (Å²) in [4.78, 5) is 7.92. The standard InChI is InChI=1S/C17H17N3O/c21-12-6-7-13-11(9-12)5-8-14(13)18-10-17-19-15-3-1-2-4-16(15)20-17/h1-4,6-7,9,14,18,21H,5,8,10H2,(H,19,20). The number of benzene rings is 2. The minimum absolute atomic E-state index is 0.341. The molecule has 3 N–H and O–H groups in total. The Bertz CT molecular complexity index is 761. The number of phenolic OH excluding ortho intramolecular Hbond substituents is 1. The summed E-state index contributed by atoms with van der Waals surface area (Å²) in [5.41, 5.74) is 4.62. The second-order valence-corrected chi connectivity index (χ2v) is 5.56. The predicted molar refractivity (Wildman–Crippen MR) is 82.1 cm³/mol. The number of hydrogen-bond donors (Lipinski definition) is 3. The molecule has 3 aromatic rings. The Labute approximate surface area is 122 Å². The van der Waals surface area contributed by atoms with Crippen LogP contribution < -0.4 is 5.32 Å². The van der Waals surface area contributed by atoms with E-state index in [0.29, 0.717) is 11.8 Å². The van der Waals surface area contributed by atoms with E-state index < -0.39 is 0 Å². The molecule has 0 aliphatic heterocycles. The van der Waals surface area contributed by atoms with Gasteiger partial charge in [0.2, 0.25) is 0 Å². The van der Waals surface area contributed by atoms with Crippen LogP contribution in [0, 0.1) is 0 Å². The van der Waals surface area contributed by atoms with Crippen molar-refractivity contribution in [2.75, 3.05) is 0 Å². The average Bonchev–Trinajstić information content (AvgIpc) is 3.07. The van der Waals surface area contributed by atoms with Gasteiger partial charge in [-0.3, -0.25) is 0 Å². The first kappa shape index (κ1) is 12.4. The highest BCUT2D eigenvalue weighted by atomic mass is 16.3. The van der Waals surface area contributed by atoms with Gasteiger partial charge in [-0.1, -0.05) is 18.2 Å². The maximum absolute atomic E-state index is 9.54. The van der Waals surface area contributed by atoms with Gasteiger partial charge in [0, 0.05) is 6.04 Å². The lowest BCUT2D eigenvalue weighted by Crippen LogP contribution is -2.19. The van der Waals surface area contributed by atoms with Gasteiger partial charge in [0.05, 0.1) is 17.6 Å². The van der Waals surface area contributed by atoms with Crippen molar-refractivity contribution < 1.29 is 5.11 Å². The lowest BCUT2D eigenvalue weighted by atomic mass is 10.1. The molecule has 1 aliphatic carbocycles. The van der Waals surface area contributed by atoms with E-state index in [1.165, 1.54) is 11.1 Å². The van der Waals surface area contributed by atoms with Crippen molar-refractivity contribution in [1.29, 1.82) is 0 Å². The van der Waals surface area contributed by atoms with E-state index in [1.54, 1.807) is 6.07 Å². The van der Waals surface area contributed by atoms with Crippen LogP contribution in [0.25, 0.3) is 11.0 Å². The number of aryl methyl sites for hydroxylation is 1. The molecule has 1 atom stereocenters. The number of para-hydroxylation sites is 2. The summed E-state index contributed by atoms with van der Waals surface area (Å²) >= 11 is 0. The van der Waals surface area contributed by atoms with Crippen LogP contribution in [0.1, 0.15) is 29.4 Å². The molecule has 0 fully saturated rings. The van der Waals surface area contributed by atoms with E-state index in [0.717, 1.165) is 36.2 Å². The molecule has 1 aliphatic rings. The van der Waals surface area contributed by atoms with Crippen LogP contribution in [-0.2, 0) is 13.0 Å². The molecule has 0 spiro atoms. The zero-order valence-corrected chi connectivity index (χ0v) is 11.6. The molecule has 2 aromatic carbocycles. The van der Waals surface area contributed by atoms with Crippen LogP contribution in [0.4, 0.5) is 0 Å². The molecule has 1 heterocycles. The monoisotopic (exact) mass is 279 g/mol. The number of nitrogens with zero attached hydrogens (tertiary/aromatic N) is 1. The molecule has 21 heavy (non-hydrogen) atoms. The van der Waals surface area contributed by atoms with Crippen molar-refractivity contribution in [2.24, 2.45) is 0 Å². The van der Waals surface area contributed by atoms with Gasteiger partial charge in [-0.15, -0.1) is 0 Å².